The number of primary amides is 1. The first-order valence-electron chi connectivity index (χ1n) is 10.6. The summed E-state index contributed by atoms with van der Waals surface area (Å²) < 4.78 is 5.42. The SMILES string of the molecule is NC(=O)c1cnc(NC2CCOCC2)cc1NC1[C@@H]2CC3C[C@H]1CC(O)(C3)C2. The van der Waals surface area contributed by atoms with Gasteiger partial charge in [-0.2, -0.15) is 0 Å². The third-order valence-corrected chi connectivity index (χ3v) is 7.31. The molecule has 7 nitrogen and oxygen atoms in total. The normalized spacial score (nSPS) is 37.0. The average Bonchev–Trinajstić information content (AvgIpc) is 2.64. The van der Waals surface area contributed by atoms with Crippen molar-refractivity contribution in [2.24, 2.45) is 23.5 Å². The lowest BCUT2D eigenvalue weighted by Gasteiger charge is -2.58. The van der Waals surface area contributed by atoms with E-state index in [1.165, 1.54) is 12.8 Å². The Bertz CT molecular complexity index is 748. The lowest BCUT2D eigenvalue weighted by atomic mass is 9.52. The molecule has 7 heteroatoms. The van der Waals surface area contributed by atoms with Crippen molar-refractivity contribution < 1.29 is 14.6 Å². The summed E-state index contributed by atoms with van der Waals surface area (Å²) in [6.45, 7) is 1.52. The Hall–Kier alpha value is -1.86. The molecule has 1 amide bonds. The van der Waals surface area contributed by atoms with Gasteiger partial charge in [0.25, 0.3) is 5.91 Å². The van der Waals surface area contributed by atoms with Crippen LogP contribution in [-0.4, -0.2) is 46.9 Å². The molecule has 4 bridgehead atoms. The minimum atomic E-state index is -0.463. The standard InChI is InChI=1S/C21H30N4O3/c22-20(26)16-11-23-18(24-15-1-3-28-4-2-15)7-17(16)25-19-13-5-12-6-14(19)10-21(27,8-12)9-13/h7,11-15,19,27H,1-6,8-10H2,(H2,22,26)(H2,23,24,25)/t12?,13-,14+,19?,21?. The van der Waals surface area contributed by atoms with Crippen LogP contribution in [0, 0.1) is 17.8 Å². The molecule has 0 spiro atoms. The van der Waals surface area contributed by atoms with Gasteiger partial charge in [-0.05, 0) is 62.7 Å². The Morgan fingerprint density at radius 2 is 1.89 bits per heavy atom. The number of nitrogens with zero attached hydrogens (tertiary/aromatic N) is 1. The molecule has 5 N–H and O–H groups in total. The van der Waals surface area contributed by atoms with E-state index in [9.17, 15) is 9.90 Å². The maximum atomic E-state index is 12.0. The lowest BCUT2D eigenvalue weighted by Crippen LogP contribution is -2.59. The van der Waals surface area contributed by atoms with Crippen LogP contribution in [0.15, 0.2) is 12.3 Å². The van der Waals surface area contributed by atoms with Gasteiger partial charge >= 0.3 is 0 Å². The summed E-state index contributed by atoms with van der Waals surface area (Å²) in [6, 6.07) is 2.55. The van der Waals surface area contributed by atoms with Crippen molar-refractivity contribution >= 4 is 17.4 Å². The first kappa shape index (κ1) is 18.2. The quantitative estimate of drug-likeness (QED) is 0.617. The summed E-state index contributed by atoms with van der Waals surface area (Å²) in [4.78, 5) is 16.4. The van der Waals surface area contributed by atoms with Crippen LogP contribution in [0.4, 0.5) is 11.5 Å². The Morgan fingerprint density at radius 3 is 2.54 bits per heavy atom. The number of hydrogen-bond acceptors (Lipinski definition) is 6. The van der Waals surface area contributed by atoms with E-state index in [1.54, 1.807) is 6.20 Å². The van der Waals surface area contributed by atoms with Crippen molar-refractivity contribution in [1.82, 2.24) is 4.98 Å². The number of ether oxygens (including phenoxy) is 1. The molecule has 28 heavy (non-hydrogen) atoms. The summed E-state index contributed by atoms with van der Waals surface area (Å²) >= 11 is 0. The van der Waals surface area contributed by atoms with Gasteiger partial charge in [-0.1, -0.05) is 0 Å². The van der Waals surface area contributed by atoms with Crippen LogP contribution >= 0.6 is 0 Å². The molecule has 4 saturated carbocycles. The first-order valence-corrected chi connectivity index (χ1v) is 10.6. The second kappa shape index (κ2) is 6.88. The molecule has 5 aliphatic rings. The molecular weight excluding hydrogens is 356 g/mol. The topological polar surface area (TPSA) is 110 Å². The van der Waals surface area contributed by atoms with E-state index in [4.69, 9.17) is 10.5 Å². The molecule has 152 valence electrons. The molecule has 1 aromatic heterocycles. The second-order valence-electron chi connectivity index (χ2n) is 9.37. The van der Waals surface area contributed by atoms with E-state index < -0.39 is 11.5 Å². The fraction of sp³-hybridized carbons (Fsp3) is 0.714. The Morgan fingerprint density at radius 1 is 1.18 bits per heavy atom. The van der Waals surface area contributed by atoms with E-state index in [1.807, 2.05) is 6.07 Å². The fourth-order valence-corrected chi connectivity index (χ4v) is 6.30. The predicted molar refractivity (Wildman–Crippen MR) is 106 cm³/mol. The van der Waals surface area contributed by atoms with Gasteiger partial charge in [0.05, 0.1) is 16.9 Å². The first-order chi connectivity index (χ1) is 13.5. The van der Waals surface area contributed by atoms with Crippen molar-refractivity contribution in [1.29, 1.82) is 0 Å². The summed E-state index contributed by atoms with van der Waals surface area (Å²) in [5, 5.41) is 17.9. The Kier molecular flexibility index (Phi) is 4.47. The molecule has 1 aliphatic heterocycles. The van der Waals surface area contributed by atoms with Gasteiger partial charge in [0, 0.05) is 37.6 Å². The highest BCUT2D eigenvalue weighted by molar-refractivity contribution is 5.98. The molecule has 0 aromatic carbocycles. The molecule has 6 rings (SSSR count). The zero-order valence-electron chi connectivity index (χ0n) is 16.2. The van der Waals surface area contributed by atoms with Crippen LogP contribution in [0.25, 0.3) is 0 Å². The van der Waals surface area contributed by atoms with Crippen LogP contribution < -0.4 is 16.4 Å². The van der Waals surface area contributed by atoms with Gasteiger partial charge in [0.1, 0.15) is 5.82 Å². The molecule has 5 atom stereocenters. The monoisotopic (exact) mass is 386 g/mol. The summed E-state index contributed by atoms with van der Waals surface area (Å²) in [6.07, 6.45) is 8.51. The molecule has 1 saturated heterocycles. The van der Waals surface area contributed by atoms with E-state index in [2.05, 4.69) is 15.6 Å². The van der Waals surface area contributed by atoms with Gasteiger partial charge < -0.3 is 26.2 Å². The molecular formula is C21H30N4O3. The minimum Gasteiger partial charge on any atom is -0.390 e. The highest BCUT2D eigenvalue weighted by atomic mass is 16.5. The molecule has 0 radical (unpaired) electrons. The molecule has 2 heterocycles. The number of pyridine rings is 1. The number of aliphatic hydroxyl groups is 1. The zero-order valence-corrected chi connectivity index (χ0v) is 16.2. The number of carbonyl (C=O) groups excluding carboxylic acids is 1. The number of amides is 1. The number of nitrogens with one attached hydrogen (secondary N) is 2. The third-order valence-electron chi connectivity index (χ3n) is 7.31. The van der Waals surface area contributed by atoms with E-state index in [0.29, 0.717) is 29.4 Å². The average molecular weight is 386 g/mol. The Labute approximate surface area is 165 Å². The fourth-order valence-electron chi connectivity index (χ4n) is 6.30. The van der Waals surface area contributed by atoms with Gasteiger partial charge in [-0.3, -0.25) is 4.79 Å². The smallest absolute Gasteiger partial charge is 0.252 e. The molecule has 1 aromatic rings. The highest BCUT2D eigenvalue weighted by Crippen LogP contribution is 2.56. The highest BCUT2D eigenvalue weighted by Gasteiger charge is 2.54. The summed E-state index contributed by atoms with van der Waals surface area (Å²) in [5.74, 6) is 1.87. The minimum absolute atomic E-state index is 0.285. The van der Waals surface area contributed by atoms with Crippen LogP contribution in [0.3, 0.4) is 0 Å². The van der Waals surface area contributed by atoms with Crippen molar-refractivity contribution in [2.75, 3.05) is 23.8 Å². The van der Waals surface area contributed by atoms with Gasteiger partial charge in [0.15, 0.2) is 0 Å². The van der Waals surface area contributed by atoms with E-state index >= 15 is 0 Å². The molecule has 3 unspecified atom stereocenters. The largest absolute Gasteiger partial charge is 0.390 e. The number of rotatable bonds is 5. The van der Waals surface area contributed by atoms with Crippen molar-refractivity contribution in [2.45, 2.75) is 62.6 Å². The number of anilines is 2. The van der Waals surface area contributed by atoms with Crippen LogP contribution in [0.2, 0.25) is 0 Å². The number of nitrogens with two attached hydrogens (primary N) is 1. The van der Waals surface area contributed by atoms with Gasteiger partial charge in [-0.15, -0.1) is 0 Å². The maximum Gasteiger partial charge on any atom is 0.252 e. The lowest BCUT2D eigenvalue weighted by molar-refractivity contribution is -0.129. The maximum absolute atomic E-state index is 12.0. The number of hydrogen-bond donors (Lipinski definition) is 4. The second-order valence-corrected chi connectivity index (χ2v) is 9.37. The van der Waals surface area contributed by atoms with Crippen LogP contribution in [-0.2, 0) is 4.74 Å². The van der Waals surface area contributed by atoms with Crippen molar-refractivity contribution in [3.63, 3.8) is 0 Å². The van der Waals surface area contributed by atoms with Gasteiger partial charge in [-0.25, -0.2) is 4.98 Å². The summed E-state index contributed by atoms with van der Waals surface area (Å²) in [5.41, 5.74) is 6.36. The Balaban J connectivity index is 1.37. The van der Waals surface area contributed by atoms with Crippen molar-refractivity contribution in [3.8, 4) is 0 Å². The van der Waals surface area contributed by atoms with Gasteiger partial charge in [0.2, 0.25) is 0 Å². The third kappa shape index (κ3) is 3.35. The summed E-state index contributed by atoms with van der Waals surface area (Å²) in [7, 11) is 0. The van der Waals surface area contributed by atoms with Crippen LogP contribution in [0.5, 0.6) is 0 Å². The van der Waals surface area contributed by atoms with Crippen molar-refractivity contribution in [3.05, 3.63) is 17.8 Å². The zero-order chi connectivity index (χ0) is 19.3. The van der Waals surface area contributed by atoms with Crippen LogP contribution in [0.1, 0.15) is 55.3 Å². The molecule has 4 aliphatic carbocycles. The number of aromatic nitrogens is 1. The molecule has 5 fully saturated rings. The van der Waals surface area contributed by atoms with E-state index in [0.717, 1.165) is 56.8 Å². The number of carbonyl (C=O) groups is 1. The van der Waals surface area contributed by atoms with E-state index in [-0.39, 0.29) is 6.04 Å². The predicted octanol–water partition coefficient (Wildman–Crippen LogP) is 2.12.